The van der Waals surface area contributed by atoms with Gasteiger partial charge in [-0.25, -0.2) is 14.8 Å². The van der Waals surface area contributed by atoms with E-state index < -0.39 is 5.97 Å². The molecule has 1 N–H and O–H groups in total. The van der Waals surface area contributed by atoms with Gasteiger partial charge < -0.3 is 9.84 Å². The van der Waals surface area contributed by atoms with Gasteiger partial charge in [-0.1, -0.05) is 6.07 Å². The molecule has 0 fully saturated rings. The predicted octanol–water partition coefficient (Wildman–Crippen LogP) is 3.31. The standard InChI is InChI=1S/C17H14N2O3/c1-10-18-9-13-7-11(3-5-15(13)19-10)14-8-12(17(20)21)4-6-16(14)22-2/h3-9H,1-2H3,(H,20,21). The predicted molar refractivity (Wildman–Crippen MR) is 83.2 cm³/mol. The summed E-state index contributed by atoms with van der Waals surface area (Å²) in [7, 11) is 1.56. The van der Waals surface area contributed by atoms with Crippen LogP contribution >= 0.6 is 0 Å². The summed E-state index contributed by atoms with van der Waals surface area (Å²) in [5, 5.41) is 10.1. The lowest BCUT2D eigenvalue weighted by Gasteiger charge is -2.10. The maximum absolute atomic E-state index is 11.2. The van der Waals surface area contributed by atoms with Crippen LogP contribution in [-0.4, -0.2) is 28.2 Å². The minimum atomic E-state index is -0.969. The highest BCUT2D eigenvalue weighted by atomic mass is 16.5. The quantitative estimate of drug-likeness (QED) is 0.802. The van der Waals surface area contributed by atoms with Gasteiger partial charge in [0.15, 0.2) is 0 Å². The molecule has 2 aromatic carbocycles. The fourth-order valence-corrected chi connectivity index (χ4v) is 2.36. The second-order valence-corrected chi connectivity index (χ2v) is 4.91. The lowest BCUT2D eigenvalue weighted by molar-refractivity contribution is 0.0697. The summed E-state index contributed by atoms with van der Waals surface area (Å²) in [5.74, 6) is 0.367. The molecule has 0 unspecified atom stereocenters. The van der Waals surface area contributed by atoms with E-state index in [1.165, 1.54) is 6.07 Å². The largest absolute Gasteiger partial charge is 0.496 e. The molecule has 3 aromatic rings. The van der Waals surface area contributed by atoms with Gasteiger partial charge in [-0.2, -0.15) is 0 Å². The number of hydrogen-bond donors (Lipinski definition) is 1. The molecule has 0 aliphatic carbocycles. The molecule has 1 aromatic heterocycles. The lowest BCUT2D eigenvalue weighted by atomic mass is 10.0. The molecule has 3 rings (SSSR count). The van der Waals surface area contributed by atoms with Crippen molar-refractivity contribution in [2.24, 2.45) is 0 Å². The number of nitrogens with zero attached hydrogens (tertiary/aromatic N) is 2. The van der Waals surface area contributed by atoms with Crippen molar-refractivity contribution in [3.63, 3.8) is 0 Å². The Balaban J connectivity index is 2.19. The Bertz CT molecular complexity index is 875. The average Bonchev–Trinajstić information content (AvgIpc) is 2.53. The molecule has 1 heterocycles. The molecule has 22 heavy (non-hydrogen) atoms. The Morgan fingerprint density at radius 3 is 2.73 bits per heavy atom. The first-order chi connectivity index (χ1) is 10.6. The third-order valence-corrected chi connectivity index (χ3v) is 3.46. The third kappa shape index (κ3) is 2.48. The van der Waals surface area contributed by atoms with E-state index in [4.69, 9.17) is 9.84 Å². The number of aromatic nitrogens is 2. The molecule has 0 atom stereocenters. The van der Waals surface area contributed by atoms with Crippen molar-refractivity contribution < 1.29 is 14.6 Å². The maximum atomic E-state index is 11.2. The van der Waals surface area contributed by atoms with E-state index >= 15 is 0 Å². The Hall–Kier alpha value is -2.95. The zero-order chi connectivity index (χ0) is 15.7. The highest BCUT2D eigenvalue weighted by molar-refractivity contribution is 5.92. The monoisotopic (exact) mass is 294 g/mol. The number of ether oxygens (including phenoxy) is 1. The number of carboxylic acid groups (broad SMARTS) is 1. The van der Waals surface area contributed by atoms with Gasteiger partial charge in [0.2, 0.25) is 0 Å². The van der Waals surface area contributed by atoms with Crippen LogP contribution in [0, 0.1) is 6.92 Å². The topological polar surface area (TPSA) is 72.3 Å². The molecular weight excluding hydrogens is 280 g/mol. The first-order valence-corrected chi connectivity index (χ1v) is 6.73. The highest BCUT2D eigenvalue weighted by Gasteiger charge is 2.11. The number of carboxylic acids is 1. The summed E-state index contributed by atoms with van der Waals surface area (Å²) >= 11 is 0. The van der Waals surface area contributed by atoms with Crippen molar-refractivity contribution in [1.82, 2.24) is 9.97 Å². The van der Waals surface area contributed by atoms with E-state index in [0.717, 1.165) is 22.0 Å². The zero-order valence-electron chi connectivity index (χ0n) is 12.2. The summed E-state index contributed by atoms with van der Waals surface area (Å²) in [6.07, 6.45) is 1.76. The first kappa shape index (κ1) is 14.0. The van der Waals surface area contributed by atoms with E-state index in [1.807, 2.05) is 25.1 Å². The van der Waals surface area contributed by atoms with Crippen LogP contribution in [0.3, 0.4) is 0 Å². The number of aromatic carboxylic acids is 1. The van der Waals surface area contributed by atoms with Crippen LogP contribution in [0.4, 0.5) is 0 Å². The van der Waals surface area contributed by atoms with E-state index in [2.05, 4.69) is 9.97 Å². The summed E-state index contributed by atoms with van der Waals surface area (Å²) < 4.78 is 5.34. The average molecular weight is 294 g/mol. The Morgan fingerprint density at radius 2 is 2.00 bits per heavy atom. The summed E-state index contributed by atoms with van der Waals surface area (Å²) in [6, 6.07) is 10.5. The maximum Gasteiger partial charge on any atom is 0.335 e. The third-order valence-electron chi connectivity index (χ3n) is 3.46. The number of rotatable bonds is 3. The Morgan fingerprint density at radius 1 is 1.18 bits per heavy atom. The molecular formula is C17H14N2O3. The molecule has 0 amide bonds. The molecule has 0 saturated heterocycles. The molecule has 0 aliphatic heterocycles. The summed E-state index contributed by atoms with van der Waals surface area (Å²) in [4.78, 5) is 19.7. The summed E-state index contributed by atoms with van der Waals surface area (Å²) in [5.41, 5.74) is 2.66. The van der Waals surface area contributed by atoms with Gasteiger partial charge in [-0.05, 0) is 42.8 Å². The fourth-order valence-electron chi connectivity index (χ4n) is 2.36. The van der Waals surface area contributed by atoms with Gasteiger partial charge in [-0.15, -0.1) is 0 Å². The van der Waals surface area contributed by atoms with E-state index in [0.29, 0.717) is 11.6 Å². The molecule has 0 radical (unpaired) electrons. The molecule has 5 nitrogen and oxygen atoms in total. The van der Waals surface area contributed by atoms with Crippen molar-refractivity contribution in [3.8, 4) is 16.9 Å². The number of fused-ring (bicyclic) bond motifs is 1. The van der Waals surface area contributed by atoms with Crippen LogP contribution in [0.5, 0.6) is 5.75 Å². The van der Waals surface area contributed by atoms with Crippen LogP contribution in [0.15, 0.2) is 42.6 Å². The fraction of sp³-hybridized carbons (Fsp3) is 0.118. The second kappa shape index (κ2) is 5.44. The second-order valence-electron chi connectivity index (χ2n) is 4.91. The van der Waals surface area contributed by atoms with E-state index in [-0.39, 0.29) is 5.56 Å². The normalized spacial score (nSPS) is 10.6. The van der Waals surface area contributed by atoms with Crippen LogP contribution in [0.2, 0.25) is 0 Å². The van der Waals surface area contributed by atoms with Crippen LogP contribution in [-0.2, 0) is 0 Å². The van der Waals surface area contributed by atoms with Crippen molar-refractivity contribution >= 4 is 16.9 Å². The van der Waals surface area contributed by atoms with Crippen molar-refractivity contribution in [2.75, 3.05) is 7.11 Å². The molecule has 0 spiro atoms. The van der Waals surface area contributed by atoms with Gasteiger partial charge in [0.1, 0.15) is 11.6 Å². The van der Waals surface area contributed by atoms with Crippen molar-refractivity contribution in [2.45, 2.75) is 6.92 Å². The van der Waals surface area contributed by atoms with Crippen LogP contribution in [0.25, 0.3) is 22.0 Å². The lowest BCUT2D eigenvalue weighted by Crippen LogP contribution is -1.98. The minimum Gasteiger partial charge on any atom is -0.496 e. The number of hydrogen-bond acceptors (Lipinski definition) is 4. The smallest absolute Gasteiger partial charge is 0.335 e. The molecule has 0 aliphatic rings. The van der Waals surface area contributed by atoms with E-state index in [1.54, 1.807) is 25.4 Å². The minimum absolute atomic E-state index is 0.219. The van der Waals surface area contributed by atoms with Gasteiger partial charge in [0.25, 0.3) is 0 Å². The van der Waals surface area contributed by atoms with Crippen molar-refractivity contribution in [1.29, 1.82) is 0 Å². The molecule has 110 valence electrons. The zero-order valence-corrected chi connectivity index (χ0v) is 12.2. The summed E-state index contributed by atoms with van der Waals surface area (Å²) in [6.45, 7) is 1.84. The number of carbonyl (C=O) groups is 1. The first-order valence-electron chi connectivity index (χ1n) is 6.73. The Kier molecular flexibility index (Phi) is 3.47. The number of aryl methyl sites for hydroxylation is 1. The molecule has 0 bridgehead atoms. The number of methoxy groups -OCH3 is 1. The molecule has 5 heteroatoms. The van der Waals surface area contributed by atoms with E-state index in [9.17, 15) is 4.79 Å². The Labute approximate surface area is 127 Å². The van der Waals surface area contributed by atoms with Crippen LogP contribution in [0.1, 0.15) is 16.2 Å². The van der Waals surface area contributed by atoms with Gasteiger partial charge >= 0.3 is 5.97 Å². The molecule has 0 saturated carbocycles. The number of benzene rings is 2. The van der Waals surface area contributed by atoms with Gasteiger partial charge in [0.05, 0.1) is 18.2 Å². The van der Waals surface area contributed by atoms with Crippen molar-refractivity contribution in [3.05, 3.63) is 54.0 Å². The van der Waals surface area contributed by atoms with Gasteiger partial charge in [0, 0.05) is 17.1 Å². The SMILES string of the molecule is COc1ccc(C(=O)O)cc1-c1ccc2nc(C)ncc2c1. The van der Waals surface area contributed by atoms with Gasteiger partial charge in [-0.3, -0.25) is 0 Å². The highest BCUT2D eigenvalue weighted by Crippen LogP contribution is 2.32. The van der Waals surface area contributed by atoms with Crippen LogP contribution < -0.4 is 4.74 Å².